The molecule has 146 valence electrons. The molecule has 1 aromatic heterocycles. The van der Waals surface area contributed by atoms with Gasteiger partial charge in [-0.25, -0.2) is 13.6 Å². The summed E-state index contributed by atoms with van der Waals surface area (Å²) in [7, 11) is 0. The second kappa shape index (κ2) is 6.99. The molecule has 0 bridgehead atoms. The van der Waals surface area contributed by atoms with E-state index < -0.39 is 28.4 Å². The van der Waals surface area contributed by atoms with E-state index in [1.807, 2.05) is 0 Å². The van der Waals surface area contributed by atoms with Gasteiger partial charge >= 0.3 is 6.09 Å². The second-order valence-electron chi connectivity index (χ2n) is 7.52. The first-order valence-electron chi connectivity index (χ1n) is 8.50. The van der Waals surface area contributed by atoms with Crippen molar-refractivity contribution >= 4 is 34.5 Å². The summed E-state index contributed by atoms with van der Waals surface area (Å²) in [4.78, 5) is 28.7. The maximum absolute atomic E-state index is 14.1. The summed E-state index contributed by atoms with van der Waals surface area (Å²) in [5.41, 5.74) is -0.501. The first-order chi connectivity index (χ1) is 12.5. The molecule has 0 unspecified atom stereocenters. The van der Waals surface area contributed by atoms with Crippen LogP contribution in [0.1, 0.15) is 37.7 Å². The third-order valence-corrected chi connectivity index (χ3v) is 4.53. The lowest BCUT2D eigenvalue weighted by Crippen LogP contribution is -2.41. The number of amides is 2. The summed E-state index contributed by atoms with van der Waals surface area (Å²) in [5, 5.41) is 2.33. The van der Waals surface area contributed by atoms with Crippen LogP contribution < -0.4 is 5.32 Å². The van der Waals surface area contributed by atoms with Gasteiger partial charge in [-0.2, -0.15) is 0 Å². The van der Waals surface area contributed by atoms with Gasteiger partial charge in [0.2, 0.25) is 0 Å². The zero-order valence-electron chi connectivity index (χ0n) is 15.2. The number of nitrogens with zero attached hydrogens (tertiary/aromatic N) is 1. The van der Waals surface area contributed by atoms with Gasteiger partial charge in [-0.1, -0.05) is 11.6 Å². The van der Waals surface area contributed by atoms with E-state index in [1.54, 1.807) is 20.8 Å². The number of hydrogen-bond acceptors (Lipinski definition) is 3. The minimum Gasteiger partial charge on any atom is -0.444 e. The molecule has 1 fully saturated rings. The fourth-order valence-corrected chi connectivity index (χ4v) is 3.15. The summed E-state index contributed by atoms with van der Waals surface area (Å²) in [6.45, 7) is 6.01. The van der Waals surface area contributed by atoms with Crippen LogP contribution in [-0.4, -0.2) is 46.6 Å². The number of hydrogen-bond donors (Lipinski definition) is 2. The number of aromatic amines is 1. The molecule has 2 amide bonds. The van der Waals surface area contributed by atoms with Crippen LogP contribution in [0.4, 0.5) is 13.6 Å². The monoisotopic (exact) mass is 399 g/mol. The van der Waals surface area contributed by atoms with Crippen LogP contribution in [0.25, 0.3) is 10.9 Å². The Balaban J connectivity index is 1.69. The topological polar surface area (TPSA) is 74.4 Å². The fourth-order valence-electron chi connectivity index (χ4n) is 3.00. The number of rotatable bonds is 2. The number of ether oxygens (including phenoxy) is 1. The molecule has 2 N–H and O–H groups in total. The Morgan fingerprint density at radius 2 is 2.04 bits per heavy atom. The number of likely N-dealkylation sites (tertiary alicyclic amines) is 1. The number of halogens is 3. The van der Waals surface area contributed by atoms with E-state index in [4.69, 9.17) is 16.3 Å². The van der Waals surface area contributed by atoms with E-state index in [2.05, 4.69) is 10.3 Å². The Bertz CT molecular complexity index is 907. The standard InChI is InChI=1S/C18H20ClF2N3O3/c1-18(2,3)27-17(26)22-10-4-5-24(8-10)16(25)12-7-9-6-11(20)13(19)14(21)15(9)23-12/h6-7,10,23H,4-5,8H2,1-3H3,(H,22,26)/t10-/m1/s1. The van der Waals surface area contributed by atoms with Crippen LogP contribution in [-0.2, 0) is 4.74 Å². The Hall–Kier alpha value is -2.35. The van der Waals surface area contributed by atoms with Gasteiger partial charge < -0.3 is 19.9 Å². The number of H-pyrrole nitrogens is 1. The van der Waals surface area contributed by atoms with Crippen molar-refractivity contribution in [1.82, 2.24) is 15.2 Å². The minimum atomic E-state index is -0.934. The third kappa shape index (κ3) is 4.16. The molecule has 0 aliphatic carbocycles. The van der Waals surface area contributed by atoms with Crippen molar-refractivity contribution in [2.45, 2.75) is 38.8 Å². The molecule has 0 radical (unpaired) electrons. The SMILES string of the molecule is CC(C)(C)OC(=O)N[C@@H]1CCN(C(=O)c2cc3cc(F)c(Cl)c(F)c3[nH]2)C1. The summed E-state index contributed by atoms with van der Waals surface area (Å²) in [5.74, 6) is -2.19. The molecule has 27 heavy (non-hydrogen) atoms. The highest BCUT2D eigenvalue weighted by atomic mass is 35.5. The summed E-state index contributed by atoms with van der Waals surface area (Å²) in [6, 6.07) is 2.22. The van der Waals surface area contributed by atoms with Gasteiger partial charge in [0.1, 0.15) is 22.1 Å². The first-order valence-corrected chi connectivity index (χ1v) is 8.88. The van der Waals surface area contributed by atoms with Crippen LogP contribution in [0.15, 0.2) is 12.1 Å². The zero-order valence-corrected chi connectivity index (χ0v) is 15.9. The molecule has 1 aliphatic heterocycles. The normalized spacial score (nSPS) is 17.4. The Morgan fingerprint density at radius 1 is 1.33 bits per heavy atom. The molecule has 3 rings (SSSR count). The van der Waals surface area contributed by atoms with Crippen LogP contribution in [0.3, 0.4) is 0 Å². The molecule has 1 saturated heterocycles. The second-order valence-corrected chi connectivity index (χ2v) is 7.89. The van der Waals surface area contributed by atoms with Crippen molar-refractivity contribution in [1.29, 1.82) is 0 Å². The predicted molar refractivity (Wildman–Crippen MR) is 96.9 cm³/mol. The number of carbonyl (C=O) groups is 2. The molecule has 0 saturated carbocycles. The van der Waals surface area contributed by atoms with Crippen LogP contribution in [0.5, 0.6) is 0 Å². The van der Waals surface area contributed by atoms with Gasteiger partial charge in [-0.3, -0.25) is 4.79 Å². The van der Waals surface area contributed by atoms with E-state index in [9.17, 15) is 18.4 Å². The van der Waals surface area contributed by atoms with E-state index >= 15 is 0 Å². The maximum atomic E-state index is 14.1. The van der Waals surface area contributed by atoms with Gasteiger partial charge in [-0.15, -0.1) is 0 Å². The molecule has 1 aliphatic rings. The lowest BCUT2D eigenvalue weighted by atomic mass is 10.2. The zero-order chi connectivity index (χ0) is 19.9. The number of aromatic nitrogens is 1. The van der Waals surface area contributed by atoms with Crippen LogP contribution >= 0.6 is 11.6 Å². The molecule has 6 nitrogen and oxygen atoms in total. The van der Waals surface area contributed by atoms with Crippen molar-refractivity contribution < 1.29 is 23.1 Å². The smallest absolute Gasteiger partial charge is 0.407 e. The Labute approximate surface area is 159 Å². The molecule has 2 heterocycles. The number of fused-ring (bicyclic) bond motifs is 1. The number of alkyl carbamates (subject to hydrolysis) is 1. The summed E-state index contributed by atoms with van der Waals surface area (Å²) < 4.78 is 32.8. The maximum Gasteiger partial charge on any atom is 0.407 e. The fraction of sp³-hybridized carbons (Fsp3) is 0.444. The molecule has 9 heteroatoms. The number of benzene rings is 1. The molecular formula is C18H20ClF2N3O3. The summed E-state index contributed by atoms with van der Waals surface area (Å²) in [6.07, 6.45) is 0.0274. The minimum absolute atomic E-state index is 0.0209. The van der Waals surface area contributed by atoms with E-state index in [0.717, 1.165) is 6.07 Å². The van der Waals surface area contributed by atoms with Gasteiger partial charge in [0.15, 0.2) is 5.82 Å². The third-order valence-electron chi connectivity index (χ3n) is 4.18. The largest absolute Gasteiger partial charge is 0.444 e. The van der Waals surface area contributed by atoms with Crippen molar-refractivity contribution in [3.8, 4) is 0 Å². The molecule has 0 spiro atoms. The van der Waals surface area contributed by atoms with Crippen molar-refractivity contribution in [3.05, 3.63) is 34.5 Å². The van der Waals surface area contributed by atoms with Gasteiger partial charge in [0.05, 0.1) is 11.6 Å². The Kier molecular flexibility index (Phi) is 5.03. The van der Waals surface area contributed by atoms with Crippen LogP contribution in [0, 0.1) is 11.6 Å². The lowest BCUT2D eigenvalue weighted by Gasteiger charge is -2.22. The molecule has 1 atom stereocenters. The van der Waals surface area contributed by atoms with Gasteiger partial charge in [0.25, 0.3) is 5.91 Å². The van der Waals surface area contributed by atoms with E-state index in [0.29, 0.717) is 19.5 Å². The van der Waals surface area contributed by atoms with Crippen molar-refractivity contribution in [2.24, 2.45) is 0 Å². The molecule has 1 aromatic carbocycles. The number of carbonyl (C=O) groups excluding carboxylic acids is 2. The molecule has 2 aromatic rings. The van der Waals surface area contributed by atoms with Gasteiger partial charge in [-0.05, 0) is 39.3 Å². The van der Waals surface area contributed by atoms with Crippen molar-refractivity contribution in [2.75, 3.05) is 13.1 Å². The predicted octanol–water partition coefficient (Wildman–Crippen LogP) is 3.84. The highest BCUT2D eigenvalue weighted by Gasteiger charge is 2.30. The lowest BCUT2D eigenvalue weighted by molar-refractivity contribution is 0.0502. The van der Waals surface area contributed by atoms with Gasteiger partial charge in [0, 0.05) is 18.5 Å². The first kappa shape index (κ1) is 19.4. The summed E-state index contributed by atoms with van der Waals surface area (Å²) >= 11 is 5.57. The quantitative estimate of drug-likeness (QED) is 0.753. The average molecular weight is 400 g/mol. The highest BCUT2D eigenvalue weighted by molar-refractivity contribution is 6.31. The Morgan fingerprint density at radius 3 is 2.70 bits per heavy atom. The highest BCUT2D eigenvalue weighted by Crippen LogP contribution is 2.28. The number of nitrogens with one attached hydrogen (secondary N) is 2. The van der Waals surface area contributed by atoms with E-state index in [1.165, 1.54) is 11.0 Å². The molecular weight excluding hydrogens is 380 g/mol. The van der Waals surface area contributed by atoms with Crippen molar-refractivity contribution in [3.63, 3.8) is 0 Å². The van der Waals surface area contributed by atoms with E-state index in [-0.39, 0.29) is 28.5 Å². The van der Waals surface area contributed by atoms with Crippen LogP contribution in [0.2, 0.25) is 5.02 Å². The average Bonchev–Trinajstić information content (AvgIpc) is 3.17.